The van der Waals surface area contributed by atoms with E-state index in [0.717, 1.165) is 83.5 Å². The van der Waals surface area contributed by atoms with Crippen LogP contribution >= 0.6 is 7.82 Å². The second-order valence-corrected chi connectivity index (χ2v) is 14.5. The molecule has 11 nitrogen and oxygen atoms in total. The van der Waals surface area contributed by atoms with Crippen molar-refractivity contribution in [2.24, 2.45) is 5.73 Å². The van der Waals surface area contributed by atoms with Crippen LogP contribution in [-0.2, 0) is 37.5 Å². The number of aliphatic carboxylic acids is 1. The number of carbonyl (C=O) groups is 3. The maximum absolute atomic E-state index is 12.6. The summed E-state index contributed by atoms with van der Waals surface area (Å²) in [6.07, 6.45) is 35.0. The molecule has 0 saturated heterocycles. The first kappa shape index (κ1) is 48.7. The maximum atomic E-state index is 12.6. The first-order valence-electron chi connectivity index (χ1n) is 19.5. The van der Waals surface area contributed by atoms with Crippen LogP contribution in [0.25, 0.3) is 0 Å². The third-order valence-electron chi connectivity index (χ3n) is 8.11. The molecule has 12 heteroatoms. The average Bonchev–Trinajstić information content (AvgIpc) is 3.10. The van der Waals surface area contributed by atoms with E-state index >= 15 is 0 Å². The molecule has 0 saturated carbocycles. The number of rotatable bonds is 36. The van der Waals surface area contributed by atoms with Gasteiger partial charge in [0.2, 0.25) is 0 Å². The summed E-state index contributed by atoms with van der Waals surface area (Å²) in [5, 5.41) is 8.86. The van der Waals surface area contributed by atoms with Gasteiger partial charge in [-0.15, -0.1) is 0 Å². The Morgan fingerprint density at radius 3 is 1.55 bits per heavy atom. The molecule has 0 bridgehead atoms. The highest BCUT2D eigenvalue weighted by atomic mass is 31.2. The second-order valence-electron chi connectivity index (χ2n) is 13.1. The average molecular weight is 744 g/mol. The van der Waals surface area contributed by atoms with Gasteiger partial charge in [-0.3, -0.25) is 23.4 Å². The summed E-state index contributed by atoms with van der Waals surface area (Å²) in [4.78, 5) is 45.7. The van der Waals surface area contributed by atoms with Gasteiger partial charge in [0, 0.05) is 12.8 Å². The van der Waals surface area contributed by atoms with E-state index in [1.807, 2.05) is 0 Å². The summed E-state index contributed by atoms with van der Waals surface area (Å²) in [5.41, 5.74) is 5.31. The van der Waals surface area contributed by atoms with Gasteiger partial charge in [-0.05, 0) is 70.6 Å². The lowest BCUT2D eigenvalue weighted by Gasteiger charge is -2.20. The molecule has 51 heavy (non-hydrogen) atoms. The molecular weight excluding hydrogens is 673 g/mol. The largest absolute Gasteiger partial charge is 0.480 e. The summed E-state index contributed by atoms with van der Waals surface area (Å²) in [6, 6.07) is -1.52. The monoisotopic (exact) mass is 743 g/mol. The van der Waals surface area contributed by atoms with Gasteiger partial charge < -0.3 is 25.2 Å². The summed E-state index contributed by atoms with van der Waals surface area (Å²) < 4.78 is 32.5. The highest BCUT2D eigenvalue weighted by Crippen LogP contribution is 2.43. The van der Waals surface area contributed by atoms with Gasteiger partial charge in [0.15, 0.2) is 6.10 Å². The van der Waals surface area contributed by atoms with Crippen molar-refractivity contribution in [2.75, 3.05) is 19.8 Å². The number of hydrogen-bond donors (Lipinski definition) is 3. The van der Waals surface area contributed by atoms with Crippen LogP contribution in [0.15, 0.2) is 36.5 Å². The van der Waals surface area contributed by atoms with Crippen LogP contribution in [0.2, 0.25) is 0 Å². The topological polar surface area (TPSA) is 172 Å². The van der Waals surface area contributed by atoms with E-state index in [4.69, 9.17) is 24.8 Å². The number of hydrogen-bond acceptors (Lipinski definition) is 9. The van der Waals surface area contributed by atoms with Crippen LogP contribution in [0.4, 0.5) is 0 Å². The lowest BCUT2D eigenvalue weighted by Crippen LogP contribution is -2.34. The van der Waals surface area contributed by atoms with Crippen molar-refractivity contribution in [1.29, 1.82) is 0 Å². The summed E-state index contributed by atoms with van der Waals surface area (Å²) in [6.45, 7) is 2.71. The van der Waals surface area contributed by atoms with Crippen molar-refractivity contribution in [2.45, 2.75) is 174 Å². The molecular formula is C39H70NO10P. The number of phosphoric ester groups is 1. The molecule has 0 spiro atoms. The van der Waals surface area contributed by atoms with Gasteiger partial charge in [0.25, 0.3) is 0 Å². The van der Waals surface area contributed by atoms with E-state index in [-0.39, 0.29) is 19.4 Å². The van der Waals surface area contributed by atoms with Gasteiger partial charge >= 0.3 is 25.7 Å². The third-order valence-corrected chi connectivity index (χ3v) is 9.06. The Morgan fingerprint density at radius 2 is 1.04 bits per heavy atom. The van der Waals surface area contributed by atoms with Crippen LogP contribution in [0.3, 0.4) is 0 Å². The van der Waals surface area contributed by atoms with E-state index < -0.39 is 51.1 Å². The Morgan fingerprint density at radius 1 is 0.608 bits per heavy atom. The number of carboxylic acid groups (broad SMARTS) is 1. The number of nitrogens with two attached hydrogens (primary N) is 1. The van der Waals surface area contributed by atoms with Crippen LogP contribution < -0.4 is 5.73 Å². The van der Waals surface area contributed by atoms with Crippen molar-refractivity contribution in [1.82, 2.24) is 0 Å². The Kier molecular flexibility index (Phi) is 33.2. The van der Waals surface area contributed by atoms with Gasteiger partial charge in [0.05, 0.1) is 13.2 Å². The van der Waals surface area contributed by atoms with Crippen LogP contribution in [0.5, 0.6) is 0 Å². The van der Waals surface area contributed by atoms with E-state index in [1.165, 1.54) is 38.5 Å². The second kappa shape index (κ2) is 34.8. The molecule has 0 aliphatic carbocycles. The molecule has 0 aliphatic rings. The molecule has 4 N–H and O–H groups in total. The summed E-state index contributed by atoms with van der Waals surface area (Å²) >= 11 is 0. The summed E-state index contributed by atoms with van der Waals surface area (Å²) in [7, 11) is -4.71. The van der Waals surface area contributed by atoms with Crippen LogP contribution in [0, 0.1) is 0 Å². The standard InChI is InChI=1S/C39H70NO10P/c1-3-5-7-9-11-13-15-17-18-19-21-23-25-27-29-31-38(42)50-35(33-48-51(45,46)49-34-36(40)39(43)44)32-47-37(41)30-28-26-24-22-20-16-14-12-10-8-6-4-2/h11-14,17-18,35-36H,3-10,15-16,19-34,40H2,1-2H3,(H,43,44)(H,45,46)/b13-11-,14-12-,18-17-/t35-,36+/m1/s1. The Labute approximate surface area is 308 Å². The highest BCUT2D eigenvalue weighted by molar-refractivity contribution is 7.47. The number of ether oxygens (including phenoxy) is 2. The Bertz CT molecular complexity index is 1020. The van der Waals surface area contributed by atoms with Crippen molar-refractivity contribution >= 4 is 25.7 Å². The third kappa shape index (κ3) is 34.5. The predicted molar refractivity (Wildman–Crippen MR) is 203 cm³/mol. The minimum absolute atomic E-state index is 0.143. The normalized spacial score (nSPS) is 14.3. The number of carboxylic acids is 1. The van der Waals surface area contributed by atoms with E-state index in [9.17, 15) is 23.8 Å². The molecule has 0 rings (SSSR count). The molecule has 0 radical (unpaired) electrons. The zero-order chi connectivity index (χ0) is 37.8. The van der Waals surface area contributed by atoms with Crippen molar-refractivity contribution in [3.05, 3.63) is 36.5 Å². The van der Waals surface area contributed by atoms with Crippen molar-refractivity contribution in [3.63, 3.8) is 0 Å². The molecule has 296 valence electrons. The smallest absolute Gasteiger partial charge is 0.472 e. The van der Waals surface area contributed by atoms with Crippen LogP contribution in [0.1, 0.15) is 162 Å². The number of carbonyl (C=O) groups excluding carboxylic acids is 2. The lowest BCUT2D eigenvalue weighted by atomic mass is 10.1. The van der Waals surface area contributed by atoms with Gasteiger partial charge in [-0.1, -0.05) is 115 Å². The molecule has 3 atom stereocenters. The van der Waals surface area contributed by atoms with Gasteiger partial charge in [-0.2, -0.15) is 0 Å². The molecule has 1 unspecified atom stereocenters. The Balaban J connectivity index is 4.47. The van der Waals surface area contributed by atoms with Gasteiger partial charge in [-0.25, -0.2) is 4.57 Å². The molecule has 0 fully saturated rings. The van der Waals surface area contributed by atoms with Crippen molar-refractivity contribution in [3.8, 4) is 0 Å². The fourth-order valence-corrected chi connectivity index (χ4v) is 5.75. The first-order valence-corrected chi connectivity index (χ1v) is 21.0. The molecule has 0 aromatic carbocycles. The molecule has 0 aliphatic heterocycles. The predicted octanol–water partition coefficient (Wildman–Crippen LogP) is 9.67. The molecule has 0 aromatic rings. The molecule has 0 heterocycles. The highest BCUT2D eigenvalue weighted by Gasteiger charge is 2.28. The number of esters is 2. The first-order chi connectivity index (χ1) is 24.6. The Hall–Kier alpha value is -2.30. The zero-order valence-corrected chi connectivity index (χ0v) is 32.6. The molecule has 0 aromatic heterocycles. The van der Waals surface area contributed by atoms with Crippen molar-refractivity contribution < 1.29 is 47.5 Å². The number of unbranched alkanes of at least 4 members (excludes halogenated alkanes) is 16. The maximum Gasteiger partial charge on any atom is 0.472 e. The number of phosphoric acid groups is 1. The minimum atomic E-state index is -4.71. The summed E-state index contributed by atoms with van der Waals surface area (Å²) in [5.74, 6) is -2.41. The van der Waals surface area contributed by atoms with E-state index in [0.29, 0.717) is 12.8 Å². The van der Waals surface area contributed by atoms with E-state index in [1.54, 1.807) is 0 Å². The molecule has 0 amide bonds. The van der Waals surface area contributed by atoms with E-state index in [2.05, 4.69) is 54.8 Å². The minimum Gasteiger partial charge on any atom is -0.480 e. The fraction of sp³-hybridized carbons (Fsp3) is 0.769. The van der Waals surface area contributed by atoms with Gasteiger partial charge in [0.1, 0.15) is 12.6 Å². The zero-order valence-electron chi connectivity index (χ0n) is 31.7. The fourth-order valence-electron chi connectivity index (χ4n) is 4.97. The lowest BCUT2D eigenvalue weighted by molar-refractivity contribution is -0.161. The quantitative estimate of drug-likeness (QED) is 0.0241. The number of allylic oxidation sites excluding steroid dienone is 6. The van der Waals surface area contributed by atoms with Crippen LogP contribution in [-0.4, -0.2) is 59.9 Å². The SMILES string of the molecule is CCCCC/C=C\C/C=C\CCCCCCCC(=O)O[C@H](COC(=O)CCCCCCC/C=C\CCCCC)COP(=O)(O)OC[C@H](N)C(=O)O.